The van der Waals surface area contributed by atoms with Crippen LogP contribution in [0, 0.1) is 5.41 Å². The van der Waals surface area contributed by atoms with E-state index in [1.807, 2.05) is 30.3 Å². The molecule has 27 heavy (non-hydrogen) atoms. The molecule has 2 aliphatic heterocycles. The van der Waals surface area contributed by atoms with Gasteiger partial charge < -0.3 is 14.8 Å². The molecule has 2 aromatic rings. The number of hydrogen-bond acceptors (Lipinski definition) is 2. The van der Waals surface area contributed by atoms with Crippen LogP contribution in [0.1, 0.15) is 31.2 Å². The zero-order valence-electron chi connectivity index (χ0n) is 15.9. The van der Waals surface area contributed by atoms with Crippen LogP contribution in [0.15, 0.2) is 42.6 Å². The maximum atomic E-state index is 12.9. The number of rotatable bonds is 3. The predicted molar refractivity (Wildman–Crippen MR) is 106 cm³/mol. The molecule has 1 atom stereocenters. The Morgan fingerprint density at radius 2 is 2.11 bits per heavy atom. The summed E-state index contributed by atoms with van der Waals surface area (Å²) in [5.41, 5.74) is 1.85. The highest BCUT2D eigenvalue weighted by Crippen LogP contribution is 2.37. The Balaban J connectivity index is 1.44. The summed E-state index contributed by atoms with van der Waals surface area (Å²) in [5, 5.41) is 1.19. The van der Waals surface area contributed by atoms with Crippen LogP contribution < -0.4 is 0 Å². The van der Waals surface area contributed by atoms with Crippen molar-refractivity contribution in [2.75, 3.05) is 26.7 Å². The number of nitrogens with one attached hydrogen (secondary N) is 1. The van der Waals surface area contributed by atoms with E-state index in [4.69, 9.17) is 0 Å². The highest BCUT2D eigenvalue weighted by Gasteiger charge is 2.44. The van der Waals surface area contributed by atoms with Crippen LogP contribution >= 0.6 is 0 Å². The number of nitrogens with zero attached hydrogens (tertiary/aromatic N) is 2. The summed E-state index contributed by atoms with van der Waals surface area (Å²) in [4.78, 5) is 32.8. The van der Waals surface area contributed by atoms with Gasteiger partial charge >= 0.3 is 0 Å². The van der Waals surface area contributed by atoms with Crippen molar-refractivity contribution >= 4 is 22.7 Å². The molecule has 3 heterocycles. The smallest absolute Gasteiger partial charge is 0.230 e. The predicted octanol–water partition coefficient (Wildman–Crippen LogP) is 3.13. The standard InChI is InChI=1S/C22H27N3O2/c1-24-13-5-4-11-22(21(24)27)12-6-14-25(16-22)20(26)10-9-17-15-23-19-8-3-2-7-18(17)19/h2-5,7-8,15,23H,6,9-14,16H2,1H3. The van der Waals surface area contributed by atoms with Crippen molar-refractivity contribution in [3.63, 3.8) is 0 Å². The van der Waals surface area contributed by atoms with Crippen molar-refractivity contribution < 1.29 is 9.59 Å². The van der Waals surface area contributed by atoms with Crippen LogP contribution in [0.25, 0.3) is 10.9 Å². The van der Waals surface area contributed by atoms with Crippen LogP contribution in [0.4, 0.5) is 0 Å². The third-order valence-corrected chi connectivity index (χ3v) is 6.07. The normalized spacial score (nSPS) is 23.2. The summed E-state index contributed by atoms with van der Waals surface area (Å²) in [6, 6.07) is 8.18. The van der Waals surface area contributed by atoms with E-state index in [9.17, 15) is 9.59 Å². The number of H-pyrrole nitrogens is 1. The minimum atomic E-state index is -0.434. The van der Waals surface area contributed by atoms with Crippen molar-refractivity contribution in [1.82, 2.24) is 14.8 Å². The first-order valence-electron chi connectivity index (χ1n) is 9.82. The number of fused-ring (bicyclic) bond motifs is 1. The lowest BCUT2D eigenvalue weighted by Crippen LogP contribution is -2.53. The van der Waals surface area contributed by atoms with Gasteiger partial charge in [0.1, 0.15) is 0 Å². The van der Waals surface area contributed by atoms with Gasteiger partial charge in [-0.1, -0.05) is 30.4 Å². The van der Waals surface area contributed by atoms with E-state index >= 15 is 0 Å². The first-order valence-corrected chi connectivity index (χ1v) is 9.82. The van der Waals surface area contributed by atoms with Gasteiger partial charge in [-0.15, -0.1) is 0 Å². The Morgan fingerprint density at radius 3 is 3.00 bits per heavy atom. The molecule has 142 valence electrons. The summed E-state index contributed by atoms with van der Waals surface area (Å²) in [5.74, 6) is 0.338. The third-order valence-electron chi connectivity index (χ3n) is 6.07. The number of allylic oxidation sites excluding steroid dienone is 1. The molecule has 1 aromatic heterocycles. The number of amides is 2. The van der Waals surface area contributed by atoms with Crippen LogP contribution in [-0.2, 0) is 16.0 Å². The monoisotopic (exact) mass is 365 g/mol. The Morgan fingerprint density at radius 1 is 1.26 bits per heavy atom. The van der Waals surface area contributed by atoms with Gasteiger partial charge in [-0.3, -0.25) is 9.59 Å². The topological polar surface area (TPSA) is 56.4 Å². The Hall–Kier alpha value is -2.56. The number of carbonyl (C=O) groups excluding carboxylic acids is 2. The van der Waals surface area contributed by atoms with Gasteiger partial charge in [0.15, 0.2) is 0 Å². The fourth-order valence-electron chi connectivity index (χ4n) is 4.54. The van der Waals surface area contributed by atoms with E-state index in [1.165, 1.54) is 10.9 Å². The lowest BCUT2D eigenvalue weighted by atomic mass is 9.76. The van der Waals surface area contributed by atoms with Crippen molar-refractivity contribution in [3.05, 3.63) is 48.2 Å². The molecule has 1 saturated heterocycles. The van der Waals surface area contributed by atoms with Gasteiger partial charge in [0.2, 0.25) is 11.8 Å². The average molecular weight is 365 g/mol. The maximum absolute atomic E-state index is 12.9. The van der Waals surface area contributed by atoms with Crippen LogP contribution in [0.2, 0.25) is 0 Å². The van der Waals surface area contributed by atoms with E-state index in [0.717, 1.165) is 37.7 Å². The van der Waals surface area contributed by atoms with Gasteiger partial charge in [-0.05, 0) is 37.3 Å². The molecule has 4 rings (SSSR count). The molecule has 0 saturated carbocycles. The number of carbonyl (C=O) groups is 2. The van der Waals surface area contributed by atoms with Crippen LogP contribution in [-0.4, -0.2) is 53.3 Å². The summed E-state index contributed by atoms with van der Waals surface area (Å²) in [6.45, 7) is 1.97. The lowest BCUT2D eigenvalue weighted by molar-refractivity contribution is -0.147. The fourth-order valence-corrected chi connectivity index (χ4v) is 4.54. The van der Waals surface area contributed by atoms with Crippen molar-refractivity contribution in [2.24, 2.45) is 5.41 Å². The first-order chi connectivity index (χ1) is 13.1. The number of hydrogen-bond donors (Lipinski definition) is 1. The van der Waals surface area contributed by atoms with Gasteiger partial charge in [0.25, 0.3) is 0 Å². The molecule has 2 aliphatic rings. The summed E-state index contributed by atoms with van der Waals surface area (Å²) in [6.07, 6.45) is 9.88. The molecule has 0 bridgehead atoms. The minimum absolute atomic E-state index is 0.156. The zero-order valence-corrected chi connectivity index (χ0v) is 15.9. The van der Waals surface area contributed by atoms with Gasteiger partial charge in [0, 0.05) is 50.2 Å². The Kier molecular flexibility index (Phi) is 4.77. The largest absolute Gasteiger partial charge is 0.361 e. The van der Waals surface area contributed by atoms with E-state index in [2.05, 4.69) is 29.3 Å². The maximum Gasteiger partial charge on any atom is 0.230 e. The molecule has 1 fully saturated rings. The molecule has 0 aliphatic carbocycles. The molecule has 1 N–H and O–H groups in total. The van der Waals surface area contributed by atoms with E-state index in [0.29, 0.717) is 19.5 Å². The van der Waals surface area contributed by atoms with Crippen LogP contribution in [0.3, 0.4) is 0 Å². The quantitative estimate of drug-likeness (QED) is 0.850. The van der Waals surface area contributed by atoms with E-state index in [-0.39, 0.29) is 11.8 Å². The number of likely N-dealkylation sites (N-methyl/N-ethyl adjacent to an activating group) is 1. The number of aromatic nitrogens is 1. The van der Waals surface area contributed by atoms with Gasteiger partial charge in [-0.2, -0.15) is 0 Å². The molecule has 1 aromatic carbocycles. The average Bonchev–Trinajstić information content (AvgIpc) is 3.06. The molecule has 5 nitrogen and oxygen atoms in total. The third kappa shape index (κ3) is 3.38. The fraction of sp³-hybridized carbons (Fsp3) is 0.455. The first kappa shape index (κ1) is 17.8. The van der Waals surface area contributed by atoms with Gasteiger partial charge in [0.05, 0.1) is 5.41 Å². The number of para-hydroxylation sites is 1. The minimum Gasteiger partial charge on any atom is -0.361 e. The number of benzene rings is 1. The van der Waals surface area contributed by atoms with E-state index in [1.54, 1.807) is 4.90 Å². The van der Waals surface area contributed by atoms with Crippen molar-refractivity contribution in [3.8, 4) is 0 Å². The molecular formula is C22H27N3O2. The molecule has 1 unspecified atom stereocenters. The zero-order chi connectivity index (χ0) is 18.9. The number of aryl methyl sites for hydroxylation is 1. The second-order valence-corrected chi connectivity index (χ2v) is 7.92. The van der Waals surface area contributed by atoms with Crippen molar-refractivity contribution in [1.29, 1.82) is 0 Å². The number of likely N-dealkylation sites (tertiary alicyclic amines) is 1. The van der Waals surface area contributed by atoms with Gasteiger partial charge in [-0.25, -0.2) is 0 Å². The Labute approximate surface area is 160 Å². The SMILES string of the molecule is CN1CC=CCC2(CCCN(C(=O)CCc3c[nH]c4ccccc34)C2)C1=O. The number of piperidine rings is 1. The molecule has 0 radical (unpaired) electrons. The van der Waals surface area contributed by atoms with E-state index < -0.39 is 5.41 Å². The highest BCUT2D eigenvalue weighted by atomic mass is 16.2. The second kappa shape index (κ2) is 7.22. The summed E-state index contributed by atoms with van der Waals surface area (Å²) >= 11 is 0. The highest BCUT2D eigenvalue weighted by molar-refractivity contribution is 5.86. The molecule has 5 heteroatoms. The molecular weight excluding hydrogens is 338 g/mol. The van der Waals surface area contributed by atoms with Crippen molar-refractivity contribution in [2.45, 2.75) is 32.1 Å². The second-order valence-electron chi connectivity index (χ2n) is 7.92. The summed E-state index contributed by atoms with van der Waals surface area (Å²) < 4.78 is 0. The Bertz CT molecular complexity index is 885. The summed E-state index contributed by atoms with van der Waals surface area (Å²) in [7, 11) is 1.86. The molecule has 1 spiro atoms. The number of aromatic amines is 1. The lowest BCUT2D eigenvalue weighted by Gasteiger charge is -2.42. The molecule has 2 amide bonds. The van der Waals surface area contributed by atoms with Crippen LogP contribution in [0.5, 0.6) is 0 Å².